The Morgan fingerprint density at radius 2 is 1.29 bits per heavy atom. The number of ether oxygens (including phenoxy) is 2. The summed E-state index contributed by atoms with van der Waals surface area (Å²) in [6, 6.07) is 0. The lowest BCUT2D eigenvalue weighted by molar-refractivity contribution is -0.0736. The molecule has 0 fully saturated rings. The van der Waals surface area contributed by atoms with Crippen molar-refractivity contribution >= 4 is 0 Å². The van der Waals surface area contributed by atoms with Gasteiger partial charge in [0.05, 0.1) is 18.3 Å². The Balaban J connectivity index is 3.43. The molecule has 0 aromatic heterocycles. The van der Waals surface area contributed by atoms with Crippen LogP contribution in [0.25, 0.3) is 0 Å². The first-order valence-corrected chi connectivity index (χ1v) is 10.4. The lowest BCUT2D eigenvalue weighted by Gasteiger charge is -2.24. The Hall–Kier alpha value is -0.340. The van der Waals surface area contributed by atoms with Gasteiger partial charge in [-0.05, 0) is 52.9 Å². The molecule has 0 aliphatic rings. The van der Waals surface area contributed by atoms with Crippen LogP contribution >= 0.6 is 0 Å². The van der Waals surface area contributed by atoms with Crippen molar-refractivity contribution in [1.82, 2.24) is 0 Å². The predicted molar refractivity (Wildman–Crippen MR) is 107 cm³/mol. The zero-order chi connectivity index (χ0) is 18.0. The van der Waals surface area contributed by atoms with E-state index in [9.17, 15) is 0 Å². The van der Waals surface area contributed by atoms with E-state index in [4.69, 9.17) is 9.47 Å². The first kappa shape index (κ1) is 23.7. The third kappa shape index (κ3) is 15.2. The van der Waals surface area contributed by atoms with E-state index in [0.29, 0.717) is 0 Å². The van der Waals surface area contributed by atoms with Crippen LogP contribution in [0.2, 0.25) is 0 Å². The summed E-state index contributed by atoms with van der Waals surface area (Å²) in [6.45, 7) is 8.57. The zero-order valence-electron chi connectivity index (χ0n) is 17.2. The molecule has 2 heteroatoms. The van der Waals surface area contributed by atoms with E-state index in [1.807, 2.05) is 0 Å². The van der Waals surface area contributed by atoms with E-state index >= 15 is 0 Å². The van der Waals surface area contributed by atoms with Crippen molar-refractivity contribution in [3.05, 3.63) is 12.2 Å². The Morgan fingerprint density at radius 3 is 1.83 bits per heavy atom. The molecule has 0 saturated carbocycles. The maximum Gasteiger partial charge on any atom is 0.0830 e. The summed E-state index contributed by atoms with van der Waals surface area (Å²) in [6.07, 6.45) is 21.2. The number of allylic oxidation sites excluding steroid dienone is 2. The zero-order valence-corrected chi connectivity index (χ0v) is 17.2. The van der Waals surface area contributed by atoms with Crippen LogP contribution in [0.15, 0.2) is 12.2 Å². The molecule has 0 aromatic rings. The maximum atomic E-state index is 5.84. The van der Waals surface area contributed by atoms with Crippen LogP contribution in [-0.2, 0) is 9.47 Å². The van der Waals surface area contributed by atoms with E-state index in [-0.39, 0.29) is 18.3 Å². The second-order valence-electron chi connectivity index (χ2n) is 7.33. The Kier molecular flexibility index (Phi) is 17.2. The van der Waals surface area contributed by atoms with Gasteiger partial charge in [0, 0.05) is 7.11 Å². The highest BCUT2D eigenvalue weighted by atomic mass is 16.5. The van der Waals surface area contributed by atoms with Crippen molar-refractivity contribution in [2.24, 2.45) is 0 Å². The van der Waals surface area contributed by atoms with Gasteiger partial charge >= 0.3 is 0 Å². The quantitative estimate of drug-likeness (QED) is 0.208. The molecule has 0 saturated heterocycles. The summed E-state index contributed by atoms with van der Waals surface area (Å²) in [5.41, 5.74) is 0. The van der Waals surface area contributed by atoms with Gasteiger partial charge in [-0.3, -0.25) is 0 Å². The summed E-state index contributed by atoms with van der Waals surface area (Å²) in [4.78, 5) is 0. The molecule has 0 bridgehead atoms. The number of methoxy groups -OCH3 is 1. The average Bonchev–Trinajstić information content (AvgIpc) is 2.54. The number of hydrogen-bond donors (Lipinski definition) is 0. The van der Waals surface area contributed by atoms with E-state index in [1.54, 1.807) is 7.11 Å². The van der Waals surface area contributed by atoms with Gasteiger partial charge in [-0.1, -0.05) is 64.0 Å². The van der Waals surface area contributed by atoms with Crippen molar-refractivity contribution in [2.75, 3.05) is 7.11 Å². The van der Waals surface area contributed by atoms with E-state index in [1.165, 1.54) is 70.6 Å². The second kappa shape index (κ2) is 17.5. The normalized spacial score (nSPS) is 14.6. The molecule has 0 N–H and O–H groups in total. The summed E-state index contributed by atoms with van der Waals surface area (Å²) >= 11 is 0. The molecular weight excluding hydrogens is 296 g/mol. The topological polar surface area (TPSA) is 18.5 Å². The first-order valence-electron chi connectivity index (χ1n) is 10.4. The fourth-order valence-corrected chi connectivity index (χ4v) is 3.12. The lowest BCUT2D eigenvalue weighted by atomic mass is 10.0. The van der Waals surface area contributed by atoms with E-state index in [2.05, 4.69) is 39.8 Å². The molecule has 24 heavy (non-hydrogen) atoms. The molecule has 0 spiro atoms. The third-order valence-corrected chi connectivity index (χ3v) is 4.56. The minimum Gasteiger partial charge on any atom is -0.379 e. The Morgan fingerprint density at radius 1 is 0.750 bits per heavy atom. The predicted octanol–water partition coefficient (Wildman–Crippen LogP) is 7.07. The summed E-state index contributed by atoms with van der Waals surface area (Å²) in [5.74, 6) is 0. The average molecular weight is 341 g/mol. The molecular formula is C22H44O2. The minimum absolute atomic E-state index is 0.194. The van der Waals surface area contributed by atoms with Gasteiger partial charge in [0.15, 0.2) is 0 Å². The summed E-state index contributed by atoms with van der Waals surface area (Å²) < 4.78 is 11.4. The standard InChI is InChI=1S/C22H44O2/c1-6-7-8-9-10-11-12-13-14-15-16-17-18-19-22(23-5)21(4)24-20(2)3/h10-11,20-22H,6-9,12-19H2,1-5H3/b11-10+. The summed E-state index contributed by atoms with van der Waals surface area (Å²) in [7, 11) is 1.81. The van der Waals surface area contributed by atoms with Crippen molar-refractivity contribution in [3.63, 3.8) is 0 Å². The molecule has 0 aliphatic heterocycles. The van der Waals surface area contributed by atoms with Crippen LogP contribution < -0.4 is 0 Å². The third-order valence-electron chi connectivity index (χ3n) is 4.56. The largest absolute Gasteiger partial charge is 0.379 e. The van der Waals surface area contributed by atoms with Crippen LogP contribution in [0.4, 0.5) is 0 Å². The van der Waals surface area contributed by atoms with Crippen LogP contribution in [0.1, 0.15) is 105 Å². The minimum atomic E-state index is 0.194. The summed E-state index contributed by atoms with van der Waals surface area (Å²) in [5, 5.41) is 0. The first-order chi connectivity index (χ1) is 11.6. The van der Waals surface area contributed by atoms with Gasteiger partial charge in [0.1, 0.15) is 0 Å². The smallest absolute Gasteiger partial charge is 0.0830 e. The van der Waals surface area contributed by atoms with Gasteiger partial charge in [-0.15, -0.1) is 0 Å². The number of rotatable bonds is 17. The second-order valence-corrected chi connectivity index (χ2v) is 7.33. The van der Waals surface area contributed by atoms with Crippen LogP contribution in [0.5, 0.6) is 0 Å². The Bertz CT molecular complexity index is 273. The fourth-order valence-electron chi connectivity index (χ4n) is 3.12. The van der Waals surface area contributed by atoms with E-state index in [0.717, 1.165) is 6.42 Å². The van der Waals surface area contributed by atoms with Gasteiger partial charge < -0.3 is 9.47 Å². The molecule has 0 amide bonds. The highest BCUT2D eigenvalue weighted by Crippen LogP contribution is 2.15. The van der Waals surface area contributed by atoms with Crippen molar-refractivity contribution in [3.8, 4) is 0 Å². The van der Waals surface area contributed by atoms with Crippen molar-refractivity contribution in [1.29, 1.82) is 0 Å². The van der Waals surface area contributed by atoms with Crippen molar-refractivity contribution in [2.45, 2.75) is 123 Å². The van der Waals surface area contributed by atoms with Gasteiger partial charge in [-0.2, -0.15) is 0 Å². The molecule has 0 heterocycles. The SMILES string of the molecule is CCCCC/C=C/CCCCCCCCC(OC)C(C)OC(C)C. The van der Waals surface area contributed by atoms with Gasteiger partial charge in [0.25, 0.3) is 0 Å². The van der Waals surface area contributed by atoms with Crippen LogP contribution in [0, 0.1) is 0 Å². The highest BCUT2D eigenvalue weighted by Gasteiger charge is 2.17. The molecule has 0 aromatic carbocycles. The van der Waals surface area contributed by atoms with Crippen LogP contribution in [0.3, 0.4) is 0 Å². The maximum absolute atomic E-state index is 5.84. The molecule has 2 atom stereocenters. The van der Waals surface area contributed by atoms with Gasteiger partial charge in [-0.25, -0.2) is 0 Å². The number of hydrogen-bond acceptors (Lipinski definition) is 2. The van der Waals surface area contributed by atoms with Gasteiger partial charge in [0.2, 0.25) is 0 Å². The molecule has 0 aliphatic carbocycles. The molecule has 144 valence electrons. The monoisotopic (exact) mass is 340 g/mol. The molecule has 0 rings (SSSR count). The molecule has 0 radical (unpaired) electrons. The highest BCUT2D eigenvalue weighted by molar-refractivity contribution is 4.81. The fraction of sp³-hybridized carbons (Fsp3) is 0.909. The number of unbranched alkanes of at least 4 members (excludes halogenated alkanes) is 9. The molecule has 2 unspecified atom stereocenters. The van der Waals surface area contributed by atoms with Crippen molar-refractivity contribution < 1.29 is 9.47 Å². The molecule has 2 nitrogen and oxygen atoms in total. The van der Waals surface area contributed by atoms with E-state index < -0.39 is 0 Å². The van der Waals surface area contributed by atoms with Crippen LogP contribution in [-0.4, -0.2) is 25.4 Å². The Labute approximate surface area is 152 Å². The lowest BCUT2D eigenvalue weighted by Crippen LogP contribution is -2.30.